The van der Waals surface area contributed by atoms with Gasteiger partial charge in [-0.2, -0.15) is 0 Å². The average Bonchev–Trinajstić information content (AvgIpc) is 2.30. The molecule has 0 heterocycles. The Hall–Kier alpha value is -1.56. The van der Waals surface area contributed by atoms with Crippen molar-refractivity contribution in [3.8, 4) is 0 Å². The van der Waals surface area contributed by atoms with Crippen LogP contribution in [0.25, 0.3) is 11.6 Å². The third-order valence-corrected chi connectivity index (χ3v) is 1.77. The van der Waals surface area contributed by atoms with Crippen LogP contribution in [-0.4, -0.2) is 0 Å². The lowest BCUT2D eigenvalue weighted by Gasteiger charge is -2.03. The van der Waals surface area contributed by atoms with Crippen LogP contribution in [0.15, 0.2) is 50.1 Å². The summed E-state index contributed by atoms with van der Waals surface area (Å²) in [6, 6.07) is 7.99. The van der Waals surface area contributed by atoms with Crippen molar-refractivity contribution in [3.05, 3.63) is 61.2 Å². The van der Waals surface area contributed by atoms with Gasteiger partial charge in [0.1, 0.15) is 0 Å². The molecule has 0 heteroatoms. The molecule has 0 aromatic heterocycles. The minimum absolute atomic E-state index is 0.936. The Morgan fingerprint density at radius 2 is 1.71 bits per heavy atom. The average molecular weight is 186 g/mol. The molecule has 14 heavy (non-hydrogen) atoms. The Morgan fingerprint density at radius 1 is 1.14 bits per heavy atom. The van der Waals surface area contributed by atoms with Gasteiger partial charge in [-0.15, -0.1) is 0 Å². The normalized spacial score (nSPS) is 8.14. The first kappa shape index (κ1) is 12.4. The van der Waals surface area contributed by atoms with Gasteiger partial charge < -0.3 is 0 Å². The lowest BCUT2D eigenvalue weighted by Crippen LogP contribution is -1.83. The molecular formula is C14H18. The van der Waals surface area contributed by atoms with E-state index in [9.17, 15) is 0 Å². The Kier molecular flexibility index (Phi) is 6.13. The Labute approximate surface area is 87.3 Å². The zero-order chi connectivity index (χ0) is 11.0. The molecule has 0 aliphatic rings. The van der Waals surface area contributed by atoms with Gasteiger partial charge in [-0.1, -0.05) is 70.0 Å². The van der Waals surface area contributed by atoms with Gasteiger partial charge in [-0.3, -0.25) is 0 Å². The van der Waals surface area contributed by atoms with Crippen molar-refractivity contribution in [2.24, 2.45) is 0 Å². The lowest BCUT2D eigenvalue weighted by molar-refractivity contribution is 1.50. The summed E-state index contributed by atoms with van der Waals surface area (Å²) in [7, 11) is 0. The second kappa shape index (κ2) is 6.90. The lowest BCUT2D eigenvalue weighted by atomic mass is 10.0. The van der Waals surface area contributed by atoms with Crippen LogP contribution in [0.1, 0.15) is 25.0 Å². The predicted octanol–water partition coefficient (Wildman–Crippen LogP) is 4.56. The summed E-state index contributed by atoms with van der Waals surface area (Å²) in [4.78, 5) is 0. The van der Waals surface area contributed by atoms with Gasteiger partial charge >= 0.3 is 0 Å². The standard InChI is InChI=1S/C12H12.C2H6/c1-4-10(3)12-9-7-6-8-11(12)5-2;1-2/h4-9H,1-3H2;1-2H3. The second-order valence-electron chi connectivity index (χ2n) is 2.52. The molecule has 1 rings (SSSR count). The van der Waals surface area contributed by atoms with E-state index in [1.54, 1.807) is 6.08 Å². The van der Waals surface area contributed by atoms with Crippen LogP contribution in [0, 0.1) is 0 Å². The first-order valence-corrected chi connectivity index (χ1v) is 4.82. The Balaban J connectivity index is 0.000000791. The van der Waals surface area contributed by atoms with E-state index in [1.165, 1.54) is 0 Å². The van der Waals surface area contributed by atoms with Crippen LogP contribution >= 0.6 is 0 Å². The van der Waals surface area contributed by atoms with Crippen molar-refractivity contribution in [2.45, 2.75) is 13.8 Å². The van der Waals surface area contributed by atoms with Gasteiger partial charge in [0.25, 0.3) is 0 Å². The van der Waals surface area contributed by atoms with Gasteiger partial charge in [-0.05, 0) is 16.7 Å². The molecular weight excluding hydrogens is 168 g/mol. The number of benzene rings is 1. The highest BCUT2D eigenvalue weighted by Gasteiger charge is 1.97. The fourth-order valence-corrected chi connectivity index (χ4v) is 1.08. The molecule has 0 N–H and O–H groups in total. The van der Waals surface area contributed by atoms with Crippen molar-refractivity contribution in [2.75, 3.05) is 0 Å². The summed E-state index contributed by atoms with van der Waals surface area (Å²) in [5.41, 5.74) is 3.13. The summed E-state index contributed by atoms with van der Waals surface area (Å²) in [5, 5.41) is 0. The quantitative estimate of drug-likeness (QED) is 0.607. The summed E-state index contributed by atoms with van der Waals surface area (Å²) in [5.74, 6) is 0. The molecule has 74 valence electrons. The van der Waals surface area contributed by atoms with Crippen molar-refractivity contribution in [1.82, 2.24) is 0 Å². The molecule has 1 aromatic rings. The highest BCUT2D eigenvalue weighted by Crippen LogP contribution is 2.18. The molecule has 0 spiro atoms. The molecule has 0 atom stereocenters. The van der Waals surface area contributed by atoms with Crippen molar-refractivity contribution in [3.63, 3.8) is 0 Å². The maximum absolute atomic E-state index is 3.89. The largest absolute Gasteiger partial charge is 0.0985 e. The molecule has 1 aromatic carbocycles. The fourth-order valence-electron chi connectivity index (χ4n) is 1.08. The molecule has 0 fully saturated rings. The fraction of sp³-hybridized carbons (Fsp3) is 0.143. The van der Waals surface area contributed by atoms with Crippen LogP contribution in [0.5, 0.6) is 0 Å². The highest BCUT2D eigenvalue weighted by molar-refractivity contribution is 5.77. The zero-order valence-electron chi connectivity index (χ0n) is 9.09. The molecule has 0 aliphatic heterocycles. The molecule has 0 nitrogen and oxygen atoms in total. The van der Waals surface area contributed by atoms with Crippen LogP contribution in [0.3, 0.4) is 0 Å². The Morgan fingerprint density at radius 3 is 2.21 bits per heavy atom. The topological polar surface area (TPSA) is 0 Å². The van der Waals surface area contributed by atoms with Gasteiger partial charge in [0, 0.05) is 0 Å². The first-order chi connectivity index (χ1) is 6.79. The third-order valence-electron chi connectivity index (χ3n) is 1.77. The zero-order valence-corrected chi connectivity index (χ0v) is 9.09. The summed E-state index contributed by atoms with van der Waals surface area (Å²) < 4.78 is 0. The summed E-state index contributed by atoms with van der Waals surface area (Å²) >= 11 is 0. The van der Waals surface area contributed by atoms with Crippen LogP contribution < -0.4 is 0 Å². The van der Waals surface area contributed by atoms with Gasteiger partial charge in [0.05, 0.1) is 0 Å². The summed E-state index contributed by atoms with van der Waals surface area (Å²) in [6.45, 7) is 15.3. The van der Waals surface area contributed by atoms with E-state index < -0.39 is 0 Å². The molecule has 0 radical (unpaired) electrons. The van der Waals surface area contributed by atoms with Gasteiger partial charge in [0.15, 0.2) is 0 Å². The van der Waals surface area contributed by atoms with Crippen molar-refractivity contribution >= 4 is 11.6 Å². The molecule has 0 aliphatic carbocycles. The molecule has 0 saturated heterocycles. The first-order valence-electron chi connectivity index (χ1n) is 4.82. The monoisotopic (exact) mass is 186 g/mol. The van der Waals surface area contributed by atoms with E-state index in [1.807, 2.05) is 44.2 Å². The molecule has 0 saturated carbocycles. The van der Waals surface area contributed by atoms with Crippen molar-refractivity contribution in [1.29, 1.82) is 0 Å². The number of rotatable bonds is 3. The predicted molar refractivity (Wildman–Crippen MR) is 67.1 cm³/mol. The third kappa shape index (κ3) is 3.06. The summed E-state index contributed by atoms with van der Waals surface area (Å²) in [6.07, 6.45) is 3.58. The number of allylic oxidation sites excluding steroid dienone is 2. The van der Waals surface area contributed by atoms with E-state index in [-0.39, 0.29) is 0 Å². The smallest absolute Gasteiger partial charge is 0.0118 e. The second-order valence-corrected chi connectivity index (χ2v) is 2.52. The number of hydrogen-bond donors (Lipinski definition) is 0. The Bertz CT molecular complexity index is 319. The minimum Gasteiger partial charge on any atom is -0.0985 e. The number of hydrogen-bond acceptors (Lipinski definition) is 0. The molecule has 0 bridgehead atoms. The van der Waals surface area contributed by atoms with Crippen LogP contribution in [0.4, 0.5) is 0 Å². The maximum atomic E-state index is 3.89. The van der Waals surface area contributed by atoms with Gasteiger partial charge in [0.2, 0.25) is 0 Å². The maximum Gasteiger partial charge on any atom is -0.0118 e. The minimum atomic E-state index is 0.936. The van der Waals surface area contributed by atoms with E-state index in [2.05, 4.69) is 19.7 Å². The van der Waals surface area contributed by atoms with E-state index in [0.29, 0.717) is 0 Å². The molecule has 0 unspecified atom stereocenters. The van der Waals surface area contributed by atoms with E-state index in [0.717, 1.165) is 16.7 Å². The highest BCUT2D eigenvalue weighted by atomic mass is 14.0. The van der Waals surface area contributed by atoms with Crippen molar-refractivity contribution < 1.29 is 0 Å². The molecule has 0 amide bonds. The van der Waals surface area contributed by atoms with E-state index in [4.69, 9.17) is 0 Å². The van der Waals surface area contributed by atoms with E-state index >= 15 is 0 Å². The van der Waals surface area contributed by atoms with Crippen LogP contribution in [-0.2, 0) is 0 Å². The van der Waals surface area contributed by atoms with Crippen LogP contribution in [0.2, 0.25) is 0 Å². The SMILES string of the molecule is C=CC(=C)c1ccccc1C=C.CC. The van der Waals surface area contributed by atoms with Gasteiger partial charge in [-0.25, -0.2) is 0 Å².